The maximum Gasteiger partial charge on any atom is 0.335 e. The monoisotopic (exact) mass is 354 g/mol. The molecular weight excluding hydrogens is 340 g/mol. The van der Waals surface area contributed by atoms with E-state index in [1.807, 2.05) is 30.3 Å². The Bertz CT molecular complexity index is 913. The Labute approximate surface area is 147 Å². The van der Waals surface area contributed by atoms with Gasteiger partial charge in [-0.05, 0) is 41.1 Å². The van der Waals surface area contributed by atoms with Crippen LogP contribution in [0.15, 0.2) is 60.7 Å². The SMILES string of the molecule is O=C(O)c1cc(C(=O)O)cc(C(=O)O)c1.Oc1ccc2ccccc2c1. The third-order valence-corrected chi connectivity index (χ3v) is 3.41. The van der Waals surface area contributed by atoms with Crippen LogP contribution in [0.3, 0.4) is 0 Å². The van der Waals surface area contributed by atoms with Crippen molar-refractivity contribution >= 4 is 28.7 Å². The van der Waals surface area contributed by atoms with Crippen molar-refractivity contribution in [1.82, 2.24) is 0 Å². The van der Waals surface area contributed by atoms with Gasteiger partial charge in [0.1, 0.15) is 5.75 Å². The fraction of sp³-hybridized carbons (Fsp3) is 0. The fourth-order valence-corrected chi connectivity index (χ4v) is 2.17. The van der Waals surface area contributed by atoms with E-state index in [0.29, 0.717) is 5.75 Å². The highest BCUT2D eigenvalue weighted by Crippen LogP contribution is 2.18. The number of aromatic carboxylic acids is 3. The third-order valence-electron chi connectivity index (χ3n) is 3.41. The molecule has 0 heterocycles. The lowest BCUT2D eigenvalue weighted by atomic mass is 10.1. The number of carbonyl (C=O) groups is 3. The maximum atomic E-state index is 10.6. The average Bonchev–Trinajstić information content (AvgIpc) is 2.61. The molecule has 0 spiro atoms. The number of hydrogen-bond acceptors (Lipinski definition) is 4. The van der Waals surface area contributed by atoms with Gasteiger partial charge in [-0.1, -0.05) is 30.3 Å². The van der Waals surface area contributed by atoms with Crippen LogP contribution in [0.5, 0.6) is 5.75 Å². The molecule has 132 valence electrons. The van der Waals surface area contributed by atoms with Gasteiger partial charge in [0.05, 0.1) is 16.7 Å². The number of carboxylic acid groups (broad SMARTS) is 3. The molecule has 0 fully saturated rings. The molecule has 0 amide bonds. The summed E-state index contributed by atoms with van der Waals surface area (Å²) >= 11 is 0. The molecule has 0 aromatic heterocycles. The summed E-state index contributed by atoms with van der Waals surface area (Å²) in [4.78, 5) is 31.7. The lowest BCUT2D eigenvalue weighted by Gasteiger charge is -2.00. The van der Waals surface area contributed by atoms with Crippen LogP contribution in [-0.4, -0.2) is 38.3 Å². The first-order chi connectivity index (χ1) is 12.3. The van der Waals surface area contributed by atoms with Gasteiger partial charge in [0, 0.05) is 0 Å². The van der Waals surface area contributed by atoms with Crippen molar-refractivity contribution < 1.29 is 34.8 Å². The molecule has 0 bridgehead atoms. The van der Waals surface area contributed by atoms with Crippen molar-refractivity contribution in [3.8, 4) is 5.75 Å². The van der Waals surface area contributed by atoms with Crippen molar-refractivity contribution in [2.24, 2.45) is 0 Å². The summed E-state index contributed by atoms with van der Waals surface area (Å²) in [5.41, 5.74) is -1.10. The molecule has 3 aromatic carbocycles. The number of aromatic hydroxyl groups is 1. The van der Waals surface area contributed by atoms with Crippen LogP contribution < -0.4 is 0 Å². The van der Waals surface area contributed by atoms with E-state index in [-0.39, 0.29) is 16.7 Å². The van der Waals surface area contributed by atoms with Gasteiger partial charge < -0.3 is 20.4 Å². The Morgan fingerprint density at radius 1 is 0.577 bits per heavy atom. The Morgan fingerprint density at radius 2 is 1.00 bits per heavy atom. The molecule has 0 saturated heterocycles. The highest BCUT2D eigenvalue weighted by molar-refractivity contribution is 5.98. The second-order valence-electron chi connectivity index (χ2n) is 5.25. The highest BCUT2D eigenvalue weighted by Gasteiger charge is 2.14. The standard InChI is InChI=1S/C10H8O.C9H6O6/c11-10-6-5-8-3-1-2-4-9(8)7-10;10-7(11)4-1-5(8(12)13)3-6(2-4)9(14)15/h1-7,11H;1-3H,(H,10,11)(H,12,13)(H,14,15). The van der Waals surface area contributed by atoms with Crippen LogP contribution >= 0.6 is 0 Å². The van der Waals surface area contributed by atoms with E-state index in [0.717, 1.165) is 29.0 Å². The van der Waals surface area contributed by atoms with Gasteiger partial charge in [-0.25, -0.2) is 14.4 Å². The van der Waals surface area contributed by atoms with Crippen LogP contribution in [0.4, 0.5) is 0 Å². The van der Waals surface area contributed by atoms with E-state index in [2.05, 4.69) is 0 Å². The zero-order valence-electron chi connectivity index (χ0n) is 13.3. The maximum absolute atomic E-state index is 10.6. The molecule has 3 aromatic rings. The zero-order valence-corrected chi connectivity index (χ0v) is 13.3. The first-order valence-electron chi connectivity index (χ1n) is 7.30. The molecule has 7 nitrogen and oxygen atoms in total. The number of hydrogen-bond donors (Lipinski definition) is 4. The van der Waals surface area contributed by atoms with Gasteiger partial charge in [0.2, 0.25) is 0 Å². The van der Waals surface area contributed by atoms with Crippen molar-refractivity contribution in [3.05, 3.63) is 77.4 Å². The molecule has 0 saturated carbocycles. The highest BCUT2D eigenvalue weighted by atomic mass is 16.4. The number of benzene rings is 3. The average molecular weight is 354 g/mol. The minimum Gasteiger partial charge on any atom is -0.508 e. The quantitative estimate of drug-likeness (QED) is 0.567. The fourth-order valence-electron chi connectivity index (χ4n) is 2.17. The smallest absolute Gasteiger partial charge is 0.335 e. The van der Waals surface area contributed by atoms with E-state index in [4.69, 9.17) is 20.4 Å². The molecule has 0 atom stereocenters. The molecule has 7 heteroatoms. The molecule has 3 rings (SSSR count). The van der Waals surface area contributed by atoms with Crippen molar-refractivity contribution in [2.75, 3.05) is 0 Å². The van der Waals surface area contributed by atoms with Gasteiger partial charge in [-0.2, -0.15) is 0 Å². The summed E-state index contributed by atoms with van der Waals surface area (Å²) in [5, 5.41) is 37.2. The zero-order chi connectivity index (χ0) is 19.3. The Morgan fingerprint density at radius 3 is 1.42 bits per heavy atom. The lowest BCUT2D eigenvalue weighted by Crippen LogP contribution is -2.07. The number of phenolic OH excluding ortho intramolecular Hbond substituents is 1. The van der Waals surface area contributed by atoms with Crippen LogP contribution in [0.25, 0.3) is 10.8 Å². The summed E-state index contributed by atoms with van der Waals surface area (Å²) in [7, 11) is 0. The molecule has 4 N–H and O–H groups in total. The Kier molecular flexibility index (Phi) is 5.54. The largest absolute Gasteiger partial charge is 0.508 e. The minimum absolute atomic E-state index is 0.323. The normalized spacial score (nSPS) is 9.85. The first kappa shape index (κ1) is 18.5. The van der Waals surface area contributed by atoms with Gasteiger partial charge in [0.15, 0.2) is 0 Å². The number of rotatable bonds is 3. The van der Waals surface area contributed by atoms with Crippen LogP contribution in [0.2, 0.25) is 0 Å². The second kappa shape index (κ2) is 7.80. The van der Waals surface area contributed by atoms with Crippen LogP contribution in [0.1, 0.15) is 31.1 Å². The minimum atomic E-state index is -1.37. The van der Waals surface area contributed by atoms with E-state index in [9.17, 15) is 14.4 Å². The summed E-state index contributed by atoms with van der Waals surface area (Å²) in [6, 6.07) is 16.0. The van der Waals surface area contributed by atoms with Crippen molar-refractivity contribution in [2.45, 2.75) is 0 Å². The predicted molar refractivity (Wildman–Crippen MR) is 92.9 cm³/mol. The van der Waals surface area contributed by atoms with Crippen molar-refractivity contribution in [3.63, 3.8) is 0 Å². The van der Waals surface area contributed by atoms with Gasteiger partial charge >= 0.3 is 17.9 Å². The Balaban J connectivity index is 0.000000195. The number of fused-ring (bicyclic) bond motifs is 1. The second-order valence-corrected chi connectivity index (χ2v) is 5.25. The number of carboxylic acids is 3. The molecule has 0 unspecified atom stereocenters. The molecule has 0 aliphatic carbocycles. The Hall–Kier alpha value is -3.87. The molecule has 0 aliphatic heterocycles. The van der Waals surface area contributed by atoms with E-state index in [1.165, 1.54) is 0 Å². The van der Waals surface area contributed by atoms with Crippen molar-refractivity contribution in [1.29, 1.82) is 0 Å². The number of phenols is 1. The summed E-state index contributed by atoms with van der Waals surface area (Å²) in [6.07, 6.45) is 0. The lowest BCUT2D eigenvalue weighted by molar-refractivity contribution is 0.0696. The first-order valence-corrected chi connectivity index (χ1v) is 7.30. The third kappa shape index (κ3) is 4.57. The van der Waals surface area contributed by atoms with Crippen LogP contribution in [0, 0.1) is 0 Å². The van der Waals surface area contributed by atoms with Gasteiger partial charge in [0.25, 0.3) is 0 Å². The molecular formula is C19H14O7. The molecule has 0 aliphatic rings. The van der Waals surface area contributed by atoms with Gasteiger partial charge in [-0.15, -0.1) is 0 Å². The van der Waals surface area contributed by atoms with E-state index >= 15 is 0 Å². The summed E-state index contributed by atoms with van der Waals surface area (Å²) in [5.74, 6) is -3.80. The van der Waals surface area contributed by atoms with Crippen LogP contribution in [-0.2, 0) is 0 Å². The van der Waals surface area contributed by atoms with E-state index in [1.54, 1.807) is 12.1 Å². The molecule has 26 heavy (non-hydrogen) atoms. The predicted octanol–water partition coefficient (Wildman–Crippen LogP) is 3.33. The summed E-state index contributed by atoms with van der Waals surface area (Å²) in [6.45, 7) is 0. The molecule has 0 radical (unpaired) electrons. The van der Waals surface area contributed by atoms with Gasteiger partial charge in [-0.3, -0.25) is 0 Å². The topological polar surface area (TPSA) is 132 Å². The summed E-state index contributed by atoms with van der Waals surface area (Å²) < 4.78 is 0. The van der Waals surface area contributed by atoms with E-state index < -0.39 is 17.9 Å².